The topological polar surface area (TPSA) is 49.8 Å². The highest BCUT2D eigenvalue weighted by Gasteiger charge is 2.23. The molecule has 0 bridgehead atoms. The number of carbonyl (C=O) groups is 1. The van der Waals surface area contributed by atoms with Gasteiger partial charge in [0.15, 0.2) is 0 Å². The van der Waals surface area contributed by atoms with Gasteiger partial charge in [0, 0.05) is 26.1 Å². The molecule has 1 aliphatic carbocycles. The maximum Gasteiger partial charge on any atom is 0.222 e. The standard InChI is InChI=1S/C15H21NO3/c1-16(2)15(18)7-4-10-19-14-6-3-5-11-12(14)8-9-13(11)17/h3,5-6,13,17H,4,7-10H2,1-2H3. The quantitative estimate of drug-likeness (QED) is 0.826. The maximum atomic E-state index is 11.4. The lowest BCUT2D eigenvalue weighted by atomic mass is 10.1. The minimum absolute atomic E-state index is 0.123. The third kappa shape index (κ3) is 3.26. The van der Waals surface area contributed by atoms with Gasteiger partial charge in [-0.25, -0.2) is 0 Å². The summed E-state index contributed by atoms with van der Waals surface area (Å²) in [6.07, 6.45) is 2.50. The van der Waals surface area contributed by atoms with E-state index in [1.165, 1.54) is 0 Å². The van der Waals surface area contributed by atoms with Crippen molar-refractivity contribution in [2.45, 2.75) is 31.8 Å². The lowest BCUT2D eigenvalue weighted by molar-refractivity contribution is -0.128. The van der Waals surface area contributed by atoms with E-state index in [0.717, 1.165) is 29.7 Å². The van der Waals surface area contributed by atoms with Crippen LogP contribution in [0.15, 0.2) is 18.2 Å². The van der Waals surface area contributed by atoms with E-state index < -0.39 is 0 Å². The van der Waals surface area contributed by atoms with E-state index in [1.54, 1.807) is 19.0 Å². The molecule has 1 aliphatic rings. The molecule has 0 aromatic heterocycles. The van der Waals surface area contributed by atoms with E-state index in [-0.39, 0.29) is 12.0 Å². The number of fused-ring (bicyclic) bond motifs is 1. The van der Waals surface area contributed by atoms with Crippen LogP contribution in [0.2, 0.25) is 0 Å². The predicted molar refractivity (Wildman–Crippen MR) is 73.1 cm³/mol. The molecule has 4 nitrogen and oxygen atoms in total. The van der Waals surface area contributed by atoms with Gasteiger partial charge in [-0.05, 0) is 30.9 Å². The van der Waals surface area contributed by atoms with Crippen molar-refractivity contribution in [3.05, 3.63) is 29.3 Å². The van der Waals surface area contributed by atoms with Crippen LogP contribution in [0, 0.1) is 0 Å². The molecule has 4 heteroatoms. The van der Waals surface area contributed by atoms with Gasteiger partial charge in [0.2, 0.25) is 5.91 Å². The monoisotopic (exact) mass is 263 g/mol. The molecule has 1 unspecified atom stereocenters. The number of aliphatic hydroxyl groups is 1. The number of hydrogen-bond acceptors (Lipinski definition) is 3. The van der Waals surface area contributed by atoms with Crippen LogP contribution in [0.5, 0.6) is 5.75 Å². The smallest absolute Gasteiger partial charge is 0.222 e. The molecule has 104 valence electrons. The Morgan fingerprint density at radius 3 is 3.00 bits per heavy atom. The molecule has 0 radical (unpaired) electrons. The minimum Gasteiger partial charge on any atom is -0.493 e. The van der Waals surface area contributed by atoms with Crippen molar-refractivity contribution in [3.8, 4) is 5.75 Å². The van der Waals surface area contributed by atoms with E-state index in [9.17, 15) is 9.90 Å². The van der Waals surface area contributed by atoms with Gasteiger partial charge >= 0.3 is 0 Å². The first kappa shape index (κ1) is 13.9. The Kier molecular flexibility index (Phi) is 4.43. The van der Waals surface area contributed by atoms with Crippen molar-refractivity contribution in [2.75, 3.05) is 20.7 Å². The molecule has 1 amide bonds. The lowest BCUT2D eigenvalue weighted by Gasteiger charge is -2.12. The summed E-state index contributed by atoms with van der Waals surface area (Å²) < 4.78 is 5.75. The largest absolute Gasteiger partial charge is 0.493 e. The van der Waals surface area contributed by atoms with Gasteiger partial charge in [0.05, 0.1) is 12.7 Å². The van der Waals surface area contributed by atoms with Gasteiger partial charge in [-0.15, -0.1) is 0 Å². The first-order chi connectivity index (χ1) is 9.09. The van der Waals surface area contributed by atoms with Gasteiger partial charge in [-0.1, -0.05) is 12.1 Å². The van der Waals surface area contributed by atoms with Crippen molar-refractivity contribution in [2.24, 2.45) is 0 Å². The van der Waals surface area contributed by atoms with E-state index in [4.69, 9.17) is 4.74 Å². The Morgan fingerprint density at radius 1 is 1.47 bits per heavy atom. The van der Waals surface area contributed by atoms with Crippen LogP contribution >= 0.6 is 0 Å². The number of aliphatic hydroxyl groups excluding tert-OH is 1. The highest BCUT2D eigenvalue weighted by molar-refractivity contribution is 5.75. The molecule has 0 aliphatic heterocycles. The third-order valence-corrected chi connectivity index (χ3v) is 3.49. The van der Waals surface area contributed by atoms with Gasteiger partial charge in [-0.2, -0.15) is 0 Å². The number of nitrogens with zero attached hydrogens (tertiary/aromatic N) is 1. The number of amides is 1. The zero-order valence-electron chi connectivity index (χ0n) is 11.6. The van der Waals surface area contributed by atoms with Gasteiger partial charge in [0.1, 0.15) is 5.75 Å². The van der Waals surface area contributed by atoms with Crippen LogP contribution in [0.25, 0.3) is 0 Å². The number of carbonyl (C=O) groups excluding carboxylic acids is 1. The summed E-state index contributed by atoms with van der Waals surface area (Å²) >= 11 is 0. The summed E-state index contributed by atoms with van der Waals surface area (Å²) in [5, 5.41) is 9.81. The van der Waals surface area contributed by atoms with Crippen LogP contribution in [-0.4, -0.2) is 36.6 Å². The first-order valence-electron chi connectivity index (χ1n) is 6.72. The van der Waals surface area contributed by atoms with E-state index in [0.29, 0.717) is 19.4 Å². The molecule has 0 fully saturated rings. The lowest BCUT2D eigenvalue weighted by Crippen LogP contribution is -2.21. The number of rotatable bonds is 5. The zero-order chi connectivity index (χ0) is 13.8. The van der Waals surface area contributed by atoms with Crippen LogP contribution in [0.4, 0.5) is 0 Å². The third-order valence-electron chi connectivity index (χ3n) is 3.49. The second-order valence-corrected chi connectivity index (χ2v) is 5.12. The van der Waals surface area contributed by atoms with Gasteiger partial charge < -0.3 is 14.7 Å². The Hall–Kier alpha value is -1.55. The zero-order valence-corrected chi connectivity index (χ0v) is 11.6. The van der Waals surface area contributed by atoms with E-state index >= 15 is 0 Å². The molecule has 1 aromatic rings. The number of hydrogen-bond donors (Lipinski definition) is 1. The Labute approximate surface area is 114 Å². The van der Waals surface area contributed by atoms with Crippen LogP contribution in [0.1, 0.15) is 36.5 Å². The number of ether oxygens (including phenoxy) is 1. The Bertz CT molecular complexity index is 457. The molecule has 0 saturated heterocycles. The van der Waals surface area contributed by atoms with E-state index in [2.05, 4.69) is 0 Å². The summed E-state index contributed by atoms with van der Waals surface area (Å²) in [6.45, 7) is 0.534. The molecule has 19 heavy (non-hydrogen) atoms. The van der Waals surface area contributed by atoms with Crippen LogP contribution in [-0.2, 0) is 11.2 Å². The molecule has 1 N–H and O–H groups in total. The second-order valence-electron chi connectivity index (χ2n) is 5.12. The summed E-state index contributed by atoms with van der Waals surface area (Å²) in [7, 11) is 3.52. The summed E-state index contributed by atoms with van der Waals surface area (Å²) in [5.41, 5.74) is 2.11. The summed E-state index contributed by atoms with van der Waals surface area (Å²) in [5.74, 6) is 0.976. The van der Waals surface area contributed by atoms with Crippen molar-refractivity contribution in [1.29, 1.82) is 0 Å². The maximum absolute atomic E-state index is 11.4. The Balaban J connectivity index is 1.86. The van der Waals surface area contributed by atoms with Crippen LogP contribution < -0.4 is 4.74 Å². The normalized spacial score (nSPS) is 17.1. The van der Waals surface area contributed by atoms with Crippen molar-refractivity contribution < 1.29 is 14.6 Å². The average molecular weight is 263 g/mol. The highest BCUT2D eigenvalue weighted by Crippen LogP contribution is 2.36. The summed E-state index contributed by atoms with van der Waals surface area (Å²) in [4.78, 5) is 13.0. The van der Waals surface area contributed by atoms with Crippen molar-refractivity contribution in [1.82, 2.24) is 4.90 Å². The molecule has 0 spiro atoms. The minimum atomic E-state index is -0.353. The molecule has 1 atom stereocenters. The highest BCUT2D eigenvalue weighted by atomic mass is 16.5. The molecule has 0 saturated carbocycles. The fourth-order valence-electron chi connectivity index (χ4n) is 2.36. The molecule has 0 heterocycles. The molecular weight excluding hydrogens is 242 g/mol. The first-order valence-corrected chi connectivity index (χ1v) is 6.72. The van der Waals surface area contributed by atoms with Crippen molar-refractivity contribution >= 4 is 5.91 Å². The van der Waals surface area contributed by atoms with E-state index in [1.807, 2.05) is 18.2 Å². The van der Waals surface area contributed by atoms with Crippen molar-refractivity contribution in [3.63, 3.8) is 0 Å². The van der Waals surface area contributed by atoms with Gasteiger partial charge in [0.25, 0.3) is 0 Å². The fraction of sp³-hybridized carbons (Fsp3) is 0.533. The molecule has 1 aromatic carbocycles. The predicted octanol–water partition coefficient (Wildman–Crippen LogP) is 1.91. The van der Waals surface area contributed by atoms with Gasteiger partial charge in [-0.3, -0.25) is 4.79 Å². The molecular formula is C15H21NO3. The average Bonchev–Trinajstić information content (AvgIpc) is 2.77. The molecule has 2 rings (SSSR count). The SMILES string of the molecule is CN(C)C(=O)CCCOc1cccc2c1CCC2O. The second kappa shape index (κ2) is 6.06. The van der Waals surface area contributed by atoms with Crippen LogP contribution in [0.3, 0.4) is 0 Å². The Morgan fingerprint density at radius 2 is 2.26 bits per heavy atom. The number of benzene rings is 1. The summed E-state index contributed by atoms with van der Waals surface area (Å²) in [6, 6.07) is 5.80. The fourth-order valence-corrected chi connectivity index (χ4v) is 2.36.